The Balaban J connectivity index is 1.75. The molecule has 1 aromatic heterocycles. The second-order valence-electron chi connectivity index (χ2n) is 6.10. The maximum atomic E-state index is 12.5. The minimum Gasteiger partial charge on any atom is -0.296 e. The molecule has 0 spiro atoms. The Kier molecular flexibility index (Phi) is 7.10. The van der Waals surface area contributed by atoms with E-state index in [0.29, 0.717) is 44.4 Å². The van der Waals surface area contributed by atoms with Gasteiger partial charge in [0, 0.05) is 29.2 Å². The predicted octanol–water partition coefficient (Wildman–Crippen LogP) is 4.79. The van der Waals surface area contributed by atoms with Crippen LogP contribution in [0, 0.1) is 0 Å². The van der Waals surface area contributed by atoms with Crippen LogP contribution in [0.3, 0.4) is 0 Å². The van der Waals surface area contributed by atoms with Gasteiger partial charge in [0.1, 0.15) is 0 Å². The largest absolute Gasteiger partial charge is 0.296 e. The molecule has 2 aromatic carbocycles. The molecule has 3 rings (SSSR count). The molecule has 0 aliphatic rings. The molecule has 11 heteroatoms. The summed E-state index contributed by atoms with van der Waals surface area (Å²) in [4.78, 5) is 12.6. The van der Waals surface area contributed by atoms with Crippen LogP contribution < -0.4 is 5.32 Å². The molecule has 0 radical (unpaired) electrons. The standard InChI is InChI=1S/C19H18Cl2N4O3S2/c1-3-25(4-2)30(27,28)14-8-5-12(6-9-14)17(26)22-19-24-23-18(29-19)15-10-7-13(20)11-16(15)21/h5-11H,3-4H2,1-2H3,(H,22,24,26). The van der Waals surface area contributed by atoms with E-state index in [2.05, 4.69) is 15.5 Å². The highest BCUT2D eigenvalue weighted by atomic mass is 35.5. The normalized spacial score (nSPS) is 11.6. The summed E-state index contributed by atoms with van der Waals surface area (Å²) >= 11 is 13.3. The lowest BCUT2D eigenvalue weighted by molar-refractivity contribution is 0.102. The number of carbonyl (C=O) groups excluding carboxylic acids is 1. The zero-order chi connectivity index (χ0) is 21.9. The van der Waals surface area contributed by atoms with Crippen molar-refractivity contribution < 1.29 is 13.2 Å². The molecule has 0 unspecified atom stereocenters. The van der Waals surface area contributed by atoms with Crippen molar-refractivity contribution in [2.24, 2.45) is 0 Å². The van der Waals surface area contributed by atoms with Crippen LogP contribution in [0.15, 0.2) is 47.4 Å². The smallest absolute Gasteiger partial charge is 0.257 e. The molecule has 7 nitrogen and oxygen atoms in total. The Labute approximate surface area is 188 Å². The van der Waals surface area contributed by atoms with Crippen molar-refractivity contribution in [3.63, 3.8) is 0 Å². The predicted molar refractivity (Wildman–Crippen MR) is 120 cm³/mol. The topological polar surface area (TPSA) is 92.3 Å². The van der Waals surface area contributed by atoms with E-state index in [4.69, 9.17) is 23.2 Å². The number of nitrogens with one attached hydrogen (secondary N) is 1. The van der Waals surface area contributed by atoms with Crippen molar-refractivity contribution in [2.45, 2.75) is 18.7 Å². The number of nitrogens with zero attached hydrogens (tertiary/aromatic N) is 3. The molecular weight excluding hydrogens is 467 g/mol. The number of sulfonamides is 1. The minimum absolute atomic E-state index is 0.137. The van der Waals surface area contributed by atoms with Gasteiger partial charge in [-0.25, -0.2) is 8.42 Å². The van der Waals surface area contributed by atoms with Crippen LogP contribution in [0.25, 0.3) is 10.6 Å². The first-order valence-corrected chi connectivity index (χ1v) is 12.0. The number of hydrogen-bond donors (Lipinski definition) is 1. The second-order valence-corrected chi connectivity index (χ2v) is 9.86. The van der Waals surface area contributed by atoms with E-state index in [0.717, 1.165) is 11.3 Å². The Morgan fingerprint density at radius 2 is 1.73 bits per heavy atom. The SMILES string of the molecule is CCN(CC)S(=O)(=O)c1ccc(C(=O)Nc2nnc(-c3ccc(Cl)cc3Cl)s2)cc1. The summed E-state index contributed by atoms with van der Waals surface area (Å²) in [6.07, 6.45) is 0. The van der Waals surface area contributed by atoms with E-state index < -0.39 is 15.9 Å². The molecule has 30 heavy (non-hydrogen) atoms. The number of aromatic nitrogens is 2. The number of amides is 1. The Bertz CT molecular complexity index is 1160. The van der Waals surface area contributed by atoms with Crippen LogP contribution in [-0.4, -0.2) is 41.9 Å². The number of anilines is 1. The third-order valence-electron chi connectivity index (χ3n) is 4.27. The van der Waals surface area contributed by atoms with Crippen LogP contribution >= 0.6 is 34.5 Å². The average molecular weight is 485 g/mol. The van der Waals surface area contributed by atoms with E-state index >= 15 is 0 Å². The third kappa shape index (κ3) is 4.81. The Morgan fingerprint density at radius 3 is 2.33 bits per heavy atom. The molecule has 0 saturated heterocycles. The van der Waals surface area contributed by atoms with Gasteiger partial charge in [0.25, 0.3) is 5.91 Å². The van der Waals surface area contributed by atoms with Crippen molar-refractivity contribution in [3.8, 4) is 10.6 Å². The van der Waals surface area contributed by atoms with Gasteiger partial charge in [-0.15, -0.1) is 10.2 Å². The van der Waals surface area contributed by atoms with Crippen LogP contribution in [0.1, 0.15) is 24.2 Å². The molecule has 0 atom stereocenters. The highest BCUT2D eigenvalue weighted by molar-refractivity contribution is 7.89. The Hall–Kier alpha value is -2.04. The molecule has 1 amide bonds. The molecule has 0 saturated carbocycles. The summed E-state index contributed by atoms with van der Waals surface area (Å²) in [5, 5.41) is 12.4. The fourth-order valence-electron chi connectivity index (χ4n) is 2.71. The summed E-state index contributed by atoms with van der Waals surface area (Å²) in [6, 6.07) is 10.8. The molecule has 3 aromatic rings. The van der Waals surface area contributed by atoms with E-state index in [1.165, 1.54) is 28.6 Å². The lowest BCUT2D eigenvalue weighted by Gasteiger charge is -2.18. The number of benzene rings is 2. The van der Waals surface area contributed by atoms with Gasteiger partial charge in [-0.3, -0.25) is 10.1 Å². The molecule has 0 aliphatic carbocycles. The fourth-order valence-corrected chi connectivity index (χ4v) is 5.50. The highest BCUT2D eigenvalue weighted by Crippen LogP contribution is 2.33. The first-order valence-electron chi connectivity index (χ1n) is 8.96. The number of halogens is 2. The molecule has 0 fully saturated rings. The average Bonchev–Trinajstić information content (AvgIpc) is 3.17. The molecule has 1 N–H and O–H groups in total. The lowest BCUT2D eigenvalue weighted by atomic mass is 10.2. The molecule has 158 valence electrons. The van der Waals surface area contributed by atoms with Gasteiger partial charge in [0.2, 0.25) is 15.2 Å². The monoisotopic (exact) mass is 484 g/mol. The molecule has 0 aliphatic heterocycles. The fraction of sp³-hybridized carbons (Fsp3) is 0.211. The number of hydrogen-bond acceptors (Lipinski definition) is 6. The van der Waals surface area contributed by atoms with Crippen molar-refractivity contribution in [3.05, 3.63) is 58.1 Å². The van der Waals surface area contributed by atoms with Gasteiger partial charge >= 0.3 is 0 Å². The van der Waals surface area contributed by atoms with Gasteiger partial charge in [-0.1, -0.05) is 48.4 Å². The van der Waals surface area contributed by atoms with Crippen LogP contribution in [0.4, 0.5) is 5.13 Å². The van der Waals surface area contributed by atoms with Crippen LogP contribution in [0.2, 0.25) is 10.0 Å². The quantitative estimate of drug-likeness (QED) is 0.519. The van der Waals surface area contributed by atoms with Gasteiger partial charge in [-0.2, -0.15) is 4.31 Å². The van der Waals surface area contributed by atoms with E-state index in [1.54, 1.807) is 32.0 Å². The Morgan fingerprint density at radius 1 is 1.07 bits per heavy atom. The van der Waals surface area contributed by atoms with Gasteiger partial charge in [0.05, 0.1) is 9.92 Å². The van der Waals surface area contributed by atoms with Crippen LogP contribution in [-0.2, 0) is 10.0 Å². The summed E-state index contributed by atoms with van der Waals surface area (Å²) in [5.41, 5.74) is 0.958. The number of carbonyl (C=O) groups is 1. The summed E-state index contributed by atoms with van der Waals surface area (Å²) in [5.74, 6) is -0.424. The number of rotatable bonds is 7. The summed E-state index contributed by atoms with van der Waals surface area (Å²) < 4.78 is 26.4. The zero-order valence-electron chi connectivity index (χ0n) is 16.1. The molecule has 1 heterocycles. The van der Waals surface area contributed by atoms with E-state index in [9.17, 15) is 13.2 Å². The summed E-state index contributed by atoms with van der Waals surface area (Å²) in [7, 11) is -3.58. The summed E-state index contributed by atoms with van der Waals surface area (Å²) in [6.45, 7) is 4.29. The maximum absolute atomic E-state index is 12.5. The lowest BCUT2D eigenvalue weighted by Crippen LogP contribution is -2.30. The van der Waals surface area contributed by atoms with Crippen molar-refractivity contribution in [1.82, 2.24) is 14.5 Å². The van der Waals surface area contributed by atoms with Crippen molar-refractivity contribution in [1.29, 1.82) is 0 Å². The maximum Gasteiger partial charge on any atom is 0.257 e. The van der Waals surface area contributed by atoms with Crippen molar-refractivity contribution in [2.75, 3.05) is 18.4 Å². The van der Waals surface area contributed by atoms with E-state index in [-0.39, 0.29) is 4.90 Å². The minimum atomic E-state index is -3.58. The first-order chi connectivity index (χ1) is 14.3. The highest BCUT2D eigenvalue weighted by Gasteiger charge is 2.22. The van der Waals surface area contributed by atoms with Gasteiger partial charge in [-0.05, 0) is 42.5 Å². The second kappa shape index (κ2) is 9.40. The third-order valence-corrected chi connectivity index (χ3v) is 7.75. The van der Waals surface area contributed by atoms with Gasteiger partial charge in [0.15, 0.2) is 5.01 Å². The zero-order valence-corrected chi connectivity index (χ0v) is 19.2. The van der Waals surface area contributed by atoms with E-state index in [1.807, 2.05) is 0 Å². The first kappa shape index (κ1) is 22.6. The van der Waals surface area contributed by atoms with Gasteiger partial charge < -0.3 is 0 Å². The van der Waals surface area contributed by atoms with Crippen LogP contribution in [0.5, 0.6) is 0 Å². The molecule has 0 bridgehead atoms. The molecular formula is C19H18Cl2N4O3S2. The van der Waals surface area contributed by atoms with Crippen molar-refractivity contribution >= 4 is 55.6 Å².